The van der Waals surface area contributed by atoms with E-state index in [4.69, 9.17) is 4.74 Å². The number of rotatable bonds is 9. The molecule has 1 atom stereocenters. The molecular weight excluding hydrogens is 292 g/mol. The molecule has 0 aliphatic rings. The minimum atomic E-state index is -0.631. The van der Waals surface area contributed by atoms with Crippen LogP contribution < -0.4 is 10.1 Å². The van der Waals surface area contributed by atoms with Crippen molar-refractivity contribution in [1.82, 2.24) is 10.2 Å². The molecule has 0 saturated carbocycles. The van der Waals surface area contributed by atoms with Gasteiger partial charge in [-0.1, -0.05) is 12.2 Å². The van der Waals surface area contributed by atoms with Crippen molar-refractivity contribution in [2.45, 2.75) is 19.9 Å². The Morgan fingerprint density at radius 3 is 2.26 bits per heavy atom. The first-order valence-corrected chi connectivity index (χ1v) is 7.57. The number of nitrogens with one attached hydrogen (secondary N) is 1. The number of nitrogens with zero attached hydrogens (tertiary/aromatic N) is 1. The Labute approximate surface area is 137 Å². The van der Waals surface area contributed by atoms with E-state index in [0.717, 1.165) is 0 Å². The molecule has 1 rings (SSSR count). The van der Waals surface area contributed by atoms with Crippen molar-refractivity contribution in [3.05, 3.63) is 55.1 Å². The van der Waals surface area contributed by atoms with Crippen molar-refractivity contribution in [2.24, 2.45) is 0 Å². The average Bonchev–Trinajstić information content (AvgIpc) is 2.54. The molecule has 5 heteroatoms. The third kappa shape index (κ3) is 5.62. The lowest BCUT2D eigenvalue weighted by atomic mass is 10.2. The Bertz CT molecular complexity index is 542. The first kappa shape index (κ1) is 18.5. The Hall–Kier alpha value is -2.56. The second-order valence-corrected chi connectivity index (χ2v) is 4.97. The van der Waals surface area contributed by atoms with Crippen LogP contribution in [0.5, 0.6) is 5.75 Å². The molecule has 0 saturated heterocycles. The summed E-state index contributed by atoms with van der Waals surface area (Å²) in [6.45, 7) is 12.2. The lowest BCUT2D eigenvalue weighted by Gasteiger charge is -2.23. The topological polar surface area (TPSA) is 58.6 Å². The molecule has 124 valence electrons. The highest BCUT2D eigenvalue weighted by molar-refractivity contribution is 5.97. The first-order chi connectivity index (χ1) is 11.0. The normalized spacial score (nSPS) is 11.2. The molecule has 5 nitrogen and oxygen atoms in total. The summed E-state index contributed by atoms with van der Waals surface area (Å²) in [5, 5.41) is 2.71. The number of carbonyl (C=O) groups is 2. The Balaban J connectivity index is 2.69. The molecule has 1 aromatic carbocycles. The van der Waals surface area contributed by atoms with Crippen LogP contribution in [0, 0.1) is 0 Å². The lowest BCUT2D eigenvalue weighted by molar-refractivity contribution is -0.131. The third-order valence-electron chi connectivity index (χ3n) is 3.16. The highest BCUT2D eigenvalue weighted by atomic mass is 16.5. The van der Waals surface area contributed by atoms with Gasteiger partial charge in [0.2, 0.25) is 5.91 Å². The summed E-state index contributed by atoms with van der Waals surface area (Å²) < 4.78 is 5.33. The fourth-order valence-corrected chi connectivity index (χ4v) is 2.05. The van der Waals surface area contributed by atoms with Gasteiger partial charge in [0.15, 0.2) is 0 Å². The van der Waals surface area contributed by atoms with Gasteiger partial charge in [-0.25, -0.2) is 0 Å². The molecule has 0 spiro atoms. The second-order valence-electron chi connectivity index (χ2n) is 4.97. The summed E-state index contributed by atoms with van der Waals surface area (Å²) in [7, 11) is 0. The van der Waals surface area contributed by atoms with E-state index in [0.29, 0.717) is 31.0 Å². The molecule has 0 aromatic heterocycles. The monoisotopic (exact) mass is 316 g/mol. The van der Waals surface area contributed by atoms with E-state index in [2.05, 4.69) is 18.5 Å². The lowest BCUT2D eigenvalue weighted by Crippen LogP contribution is -2.47. The van der Waals surface area contributed by atoms with E-state index in [9.17, 15) is 9.59 Å². The molecule has 2 amide bonds. The van der Waals surface area contributed by atoms with Gasteiger partial charge in [0, 0.05) is 18.7 Å². The number of hydrogen-bond acceptors (Lipinski definition) is 3. The maximum Gasteiger partial charge on any atom is 0.251 e. The van der Waals surface area contributed by atoms with Crippen LogP contribution in [0.25, 0.3) is 0 Å². The molecule has 1 unspecified atom stereocenters. The zero-order chi connectivity index (χ0) is 17.2. The summed E-state index contributed by atoms with van der Waals surface area (Å²) in [4.78, 5) is 26.1. The van der Waals surface area contributed by atoms with Gasteiger partial charge in [-0.2, -0.15) is 0 Å². The molecule has 0 aliphatic heterocycles. The fraction of sp³-hybridized carbons (Fsp3) is 0.333. The highest BCUT2D eigenvalue weighted by Crippen LogP contribution is 2.12. The SMILES string of the molecule is C=CCN(CC=C)C(=O)C(C)NC(=O)c1ccc(OCC)cc1. The summed E-state index contributed by atoms with van der Waals surface area (Å²) in [6, 6.07) is 6.17. The van der Waals surface area contributed by atoms with Gasteiger partial charge < -0.3 is 15.0 Å². The molecule has 1 N–H and O–H groups in total. The first-order valence-electron chi connectivity index (χ1n) is 7.57. The zero-order valence-corrected chi connectivity index (χ0v) is 13.7. The number of amides is 2. The van der Waals surface area contributed by atoms with Gasteiger partial charge in [0.1, 0.15) is 11.8 Å². The molecule has 0 aliphatic carbocycles. The Morgan fingerprint density at radius 1 is 1.22 bits per heavy atom. The quantitative estimate of drug-likeness (QED) is 0.712. The molecule has 1 aromatic rings. The second kappa shape index (κ2) is 9.46. The number of benzene rings is 1. The predicted molar refractivity (Wildman–Crippen MR) is 91.5 cm³/mol. The van der Waals surface area contributed by atoms with E-state index in [1.54, 1.807) is 48.2 Å². The summed E-state index contributed by atoms with van der Waals surface area (Å²) >= 11 is 0. The molecule has 0 heterocycles. The molecule has 0 radical (unpaired) electrons. The smallest absolute Gasteiger partial charge is 0.251 e. The van der Waals surface area contributed by atoms with Gasteiger partial charge in [-0.05, 0) is 38.1 Å². The molecule has 0 bridgehead atoms. The summed E-state index contributed by atoms with van der Waals surface area (Å²) in [6.07, 6.45) is 3.28. The minimum absolute atomic E-state index is 0.177. The number of hydrogen-bond donors (Lipinski definition) is 1. The van der Waals surface area contributed by atoms with Crippen molar-refractivity contribution in [2.75, 3.05) is 19.7 Å². The van der Waals surface area contributed by atoms with E-state index in [1.165, 1.54) is 0 Å². The third-order valence-corrected chi connectivity index (χ3v) is 3.16. The van der Waals surface area contributed by atoms with Crippen LogP contribution >= 0.6 is 0 Å². The van der Waals surface area contributed by atoms with Crippen LogP contribution in [0.3, 0.4) is 0 Å². The van der Waals surface area contributed by atoms with Gasteiger partial charge in [-0.3, -0.25) is 9.59 Å². The standard InChI is InChI=1S/C18H24N2O3/c1-5-12-20(13-6-2)18(22)14(4)19-17(21)15-8-10-16(11-9-15)23-7-3/h5-6,8-11,14H,1-2,7,12-13H2,3-4H3,(H,19,21). The average molecular weight is 316 g/mol. The van der Waals surface area contributed by atoms with Crippen LogP contribution in [0.2, 0.25) is 0 Å². The maximum absolute atomic E-state index is 12.3. The zero-order valence-electron chi connectivity index (χ0n) is 13.7. The fourth-order valence-electron chi connectivity index (χ4n) is 2.05. The summed E-state index contributed by atoms with van der Waals surface area (Å²) in [5.41, 5.74) is 0.479. The van der Waals surface area contributed by atoms with Crippen molar-refractivity contribution in [3.63, 3.8) is 0 Å². The van der Waals surface area contributed by atoms with Crippen molar-refractivity contribution in [1.29, 1.82) is 0 Å². The van der Waals surface area contributed by atoms with Crippen LogP contribution in [0.1, 0.15) is 24.2 Å². The number of ether oxygens (including phenoxy) is 1. The largest absolute Gasteiger partial charge is 0.494 e. The van der Waals surface area contributed by atoms with Gasteiger partial charge >= 0.3 is 0 Å². The minimum Gasteiger partial charge on any atom is -0.494 e. The van der Waals surface area contributed by atoms with Crippen LogP contribution in [0.15, 0.2) is 49.6 Å². The van der Waals surface area contributed by atoms with E-state index in [-0.39, 0.29) is 11.8 Å². The van der Waals surface area contributed by atoms with Crippen LogP contribution in [-0.4, -0.2) is 42.5 Å². The van der Waals surface area contributed by atoms with E-state index >= 15 is 0 Å². The molecule has 23 heavy (non-hydrogen) atoms. The summed E-state index contributed by atoms with van der Waals surface area (Å²) in [5.74, 6) is 0.228. The van der Waals surface area contributed by atoms with Crippen molar-refractivity contribution >= 4 is 11.8 Å². The molecular formula is C18H24N2O3. The highest BCUT2D eigenvalue weighted by Gasteiger charge is 2.21. The van der Waals surface area contributed by atoms with E-state index < -0.39 is 6.04 Å². The van der Waals surface area contributed by atoms with Gasteiger partial charge in [0.25, 0.3) is 5.91 Å². The number of carbonyl (C=O) groups excluding carboxylic acids is 2. The molecule has 0 fully saturated rings. The van der Waals surface area contributed by atoms with Crippen molar-refractivity contribution < 1.29 is 14.3 Å². The van der Waals surface area contributed by atoms with Crippen molar-refractivity contribution in [3.8, 4) is 5.75 Å². The van der Waals surface area contributed by atoms with Gasteiger partial charge in [-0.15, -0.1) is 13.2 Å². The van der Waals surface area contributed by atoms with E-state index in [1.807, 2.05) is 6.92 Å². The van der Waals surface area contributed by atoms with Gasteiger partial charge in [0.05, 0.1) is 6.61 Å². The Kier molecular flexibility index (Phi) is 7.60. The van der Waals surface area contributed by atoms with Crippen LogP contribution in [0.4, 0.5) is 0 Å². The predicted octanol–water partition coefficient (Wildman–Crippen LogP) is 2.40. The maximum atomic E-state index is 12.3. The van der Waals surface area contributed by atoms with Crippen LogP contribution in [-0.2, 0) is 4.79 Å². The Morgan fingerprint density at radius 2 is 1.78 bits per heavy atom.